The Kier molecular flexibility index (Phi) is 4.43. The summed E-state index contributed by atoms with van der Waals surface area (Å²) in [7, 11) is 0. The maximum absolute atomic E-state index is 12.3. The van der Waals surface area contributed by atoms with Crippen LogP contribution in [0.3, 0.4) is 0 Å². The number of aromatic nitrogens is 1. The highest BCUT2D eigenvalue weighted by Gasteiger charge is 2.21. The molecule has 2 heterocycles. The van der Waals surface area contributed by atoms with Gasteiger partial charge in [0.25, 0.3) is 5.91 Å². The van der Waals surface area contributed by atoms with Gasteiger partial charge in [0.15, 0.2) is 0 Å². The first kappa shape index (κ1) is 13.6. The van der Waals surface area contributed by atoms with Crippen LogP contribution in [0.25, 0.3) is 0 Å². The van der Waals surface area contributed by atoms with Gasteiger partial charge in [-0.25, -0.2) is 4.98 Å². The van der Waals surface area contributed by atoms with Crippen molar-refractivity contribution in [2.24, 2.45) is 0 Å². The Morgan fingerprint density at radius 1 is 1.22 bits per heavy atom. The van der Waals surface area contributed by atoms with Crippen molar-refractivity contribution in [3.63, 3.8) is 0 Å². The number of hydrogen-bond acceptors (Lipinski definition) is 3. The van der Waals surface area contributed by atoms with Crippen LogP contribution in [0.5, 0.6) is 0 Å². The number of carbonyl (C=O) groups is 1. The molecule has 1 aromatic heterocycles. The number of amides is 1. The molecule has 4 nitrogen and oxygen atoms in total. The van der Waals surface area contributed by atoms with Crippen LogP contribution in [0.15, 0.2) is 12.1 Å². The van der Waals surface area contributed by atoms with Crippen LogP contribution in [-0.2, 0) is 0 Å². The van der Waals surface area contributed by atoms with Gasteiger partial charge in [0.2, 0.25) is 0 Å². The van der Waals surface area contributed by atoms with E-state index in [-0.39, 0.29) is 16.2 Å². The lowest BCUT2D eigenvalue weighted by molar-refractivity contribution is 0.0643. The number of hydrogen-bond donors (Lipinski definition) is 0. The average molecular weight is 288 g/mol. The minimum Gasteiger partial charge on any atom is -0.336 e. The largest absolute Gasteiger partial charge is 0.336 e. The third-order valence-corrected chi connectivity index (χ3v) is 3.50. The minimum atomic E-state index is -0.0306. The fourth-order valence-corrected chi connectivity index (χ4v) is 2.50. The molecule has 1 aromatic rings. The van der Waals surface area contributed by atoms with Crippen molar-refractivity contribution in [3.8, 4) is 0 Å². The molecular weight excluding hydrogens is 273 g/mol. The van der Waals surface area contributed by atoms with Gasteiger partial charge in [-0.05, 0) is 18.7 Å². The van der Waals surface area contributed by atoms with Crippen molar-refractivity contribution in [2.75, 3.05) is 32.7 Å². The molecule has 0 bridgehead atoms. The number of likely N-dealkylation sites (N-methyl/N-ethyl adjacent to an activating group) is 1. The van der Waals surface area contributed by atoms with Crippen molar-refractivity contribution >= 4 is 29.1 Å². The first-order valence-corrected chi connectivity index (χ1v) is 6.70. The quantitative estimate of drug-likeness (QED) is 0.783. The second kappa shape index (κ2) is 5.87. The van der Waals surface area contributed by atoms with E-state index in [0.717, 1.165) is 32.7 Å². The average Bonchev–Trinajstić information content (AvgIpc) is 2.37. The normalized spacial score (nSPS) is 16.9. The fraction of sp³-hybridized carbons (Fsp3) is 0.500. The molecule has 0 radical (unpaired) electrons. The van der Waals surface area contributed by atoms with E-state index >= 15 is 0 Å². The standard InChI is InChI=1S/C12H15Cl2N3O/c1-2-16-3-5-17(6-4-16)12(18)9-7-10(13)15-11(14)8-9/h7-8H,2-6H2,1H3. The smallest absolute Gasteiger partial charge is 0.254 e. The van der Waals surface area contributed by atoms with Gasteiger partial charge in [0.1, 0.15) is 10.3 Å². The van der Waals surface area contributed by atoms with Crippen LogP contribution in [-0.4, -0.2) is 53.4 Å². The topological polar surface area (TPSA) is 36.4 Å². The number of pyridine rings is 1. The van der Waals surface area contributed by atoms with Gasteiger partial charge in [0, 0.05) is 31.7 Å². The molecule has 0 spiro atoms. The minimum absolute atomic E-state index is 0.0306. The van der Waals surface area contributed by atoms with E-state index in [1.807, 2.05) is 4.90 Å². The fourth-order valence-electron chi connectivity index (χ4n) is 2.04. The van der Waals surface area contributed by atoms with Gasteiger partial charge in [-0.15, -0.1) is 0 Å². The van der Waals surface area contributed by atoms with Crippen LogP contribution in [0, 0.1) is 0 Å². The van der Waals surface area contributed by atoms with Gasteiger partial charge in [0.05, 0.1) is 0 Å². The summed E-state index contributed by atoms with van der Waals surface area (Å²) in [4.78, 5) is 20.2. The molecule has 6 heteroatoms. The molecule has 0 unspecified atom stereocenters. The maximum Gasteiger partial charge on any atom is 0.254 e. The molecule has 0 aliphatic carbocycles. The summed E-state index contributed by atoms with van der Waals surface area (Å²) in [5.41, 5.74) is 0.505. The number of nitrogens with zero attached hydrogens (tertiary/aromatic N) is 3. The molecule has 1 aliphatic rings. The summed E-state index contributed by atoms with van der Waals surface area (Å²) in [5, 5.41) is 0.496. The molecule has 98 valence electrons. The molecule has 18 heavy (non-hydrogen) atoms. The van der Waals surface area contributed by atoms with Crippen molar-refractivity contribution in [1.82, 2.24) is 14.8 Å². The summed E-state index contributed by atoms with van der Waals surface area (Å²) in [6.07, 6.45) is 0. The Balaban J connectivity index is 2.07. The van der Waals surface area contributed by atoms with E-state index in [9.17, 15) is 4.79 Å². The predicted octanol–water partition coefficient (Wildman–Crippen LogP) is 2.17. The molecule has 1 amide bonds. The van der Waals surface area contributed by atoms with Crippen LogP contribution in [0.1, 0.15) is 17.3 Å². The molecule has 0 aromatic carbocycles. The van der Waals surface area contributed by atoms with Gasteiger partial charge in [-0.1, -0.05) is 30.1 Å². The van der Waals surface area contributed by atoms with E-state index in [1.165, 1.54) is 0 Å². The maximum atomic E-state index is 12.3. The third-order valence-electron chi connectivity index (χ3n) is 3.12. The van der Waals surface area contributed by atoms with E-state index < -0.39 is 0 Å². The molecule has 1 aliphatic heterocycles. The second-order valence-corrected chi connectivity index (χ2v) is 5.00. The summed E-state index contributed by atoms with van der Waals surface area (Å²) < 4.78 is 0. The van der Waals surface area contributed by atoms with Crippen LogP contribution >= 0.6 is 23.2 Å². The molecule has 0 N–H and O–H groups in total. The molecule has 0 saturated carbocycles. The Labute approximate surface area is 116 Å². The lowest BCUT2D eigenvalue weighted by atomic mass is 10.2. The van der Waals surface area contributed by atoms with Crippen LogP contribution in [0.4, 0.5) is 0 Å². The van der Waals surface area contributed by atoms with Gasteiger partial charge in [-0.2, -0.15) is 0 Å². The highest BCUT2D eigenvalue weighted by atomic mass is 35.5. The highest BCUT2D eigenvalue weighted by Crippen LogP contribution is 2.17. The van der Waals surface area contributed by atoms with E-state index in [4.69, 9.17) is 23.2 Å². The summed E-state index contributed by atoms with van der Waals surface area (Å²) >= 11 is 11.6. The number of rotatable bonds is 2. The van der Waals surface area contributed by atoms with Gasteiger partial charge in [-0.3, -0.25) is 4.79 Å². The molecule has 1 saturated heterocycles. The third kappa shape index (κ3) is 3.13. The lowest BCUT2D eigenvalue weighted by Crippen LogP contribution is -2.48. The molecule has 1 fully saturated rings. The number of halogens is 2. The Hall–Kier alpha value is -0.840. The monoisotopic (exact) mass is 287 g/mol. The predicted molar refractivity (Wildman–Crippen MR) is 72.3 cm³/mol. The summed E-state index contributed by atoms with van der Waals surface area (Å²) in [6, 6.07) is 3.12. The van der Waals surface area contributed by atoms with Crippen molar-refractivity contribution in [2.45, 2.75) is 6.92 Å². The van der Waals surface area contributed by atoms with E-state index in [1.54, 1.807) is 12.1 Å². The van der Waals surface area contributed by atoms with E-state index in [0.29, 0.717) is 5.56 Å². The molecule has 2 rings (SSSR count). The van der Waals surface area contributed by atoms with Gasteiger partial charge >= 0.3 is 0 Å². The van der Waals surface area contributed by atoms with E-state index in [2.05, 4.69) is 16.8 Å². The Bertz CT molecular complexity index is 425. The van der Waals surface area contributed by atoms with Crippen LogP contribution in [0.2, 0.25) is 10.3 Å². The Morgan fingerprint density at radius 3 is 2.28 bits per heavy atom. The van der Waals surface area contributed by atoms with Crippen LogP contribution < -0.4 is 0 Å². The Morgan fingerprint density at radius 2 is 1.78 bits per heavy atom. The lowest BCUT2D eigenvalue weighted by Gasteiger charge is -2.34. The highest BCUT2D eigenvalue weighted by molar-refractivity contribution is 6.33. The van der Waals surface area contributed by atoms with Crippen molar-refractivity contribution in [1.29, 1.82) is 0 Å². The number of piperazine rings is 1. The van der Waals surface area contributed by atoms with Gasteiger partial charge < -0.3 is 9.80 Å². The first-order chi connectivity index (χ1) is 8.60. The first-order valence-electron chi connectivity index (χ1n) is 5.95. The van der Waals surface area contributed by atoms with Crippen molar-refractivity contribution < 1.29 is 4.79 Å². The summed E-state index contributed by atoms with van der Waals surface area (Å²) in [5.74, 6) is -0.0306. The summed E-state index contributed by atoms with van der Waals surface area (Å²) in [6.45, 7) is 6.45. The zero-order valence-corrected chi connectivity index (χ0v) is 11.7. The SMILES string of the molecule is CCN1CCN(C(=O)c2cc(Cl)nc(Cl)c2)CC1. The zero-order chi connectivity index (χ0) is 13.1. The number of carbonyl (C=O) groups excluding carboxylic acids is 1. The van der Waals surface area contributed by atoms with Crippen molar-refractivity contribution in [3.05, 3.63) is 28.0 Å². The molecule has 0 atom stereocenters. The molecular formula is C12H15Cl2N3O. The second-order valence-electron chi connectivity index (χ2n) is 4.23. The zero-order valence-electron chi connectivity index (χ0n) is 10.2.